The van der Waals surface area contributed by atoms with Crippen LogP contribution < -0.4 is 5.56 Å². The van der Waals surface area contributed by atoms with E-state index in [4.69, 9.17) is 0 Å². The van der Waals surface area contributed by atoms with Crippen molar-refractivity contribution in [1.82, 2.24) is 4.98 Å². The minimum absolute atomic E-state index is 0.404. The summed E-state index contributed by atoms with van der Waals surface area (Å²) < 4.78 is 61.0. The van der Waals surface area contributed by atoms with E-state index in [0.29, 0.717) is 6.07 Å². The molecular weight excluding hydrogens is 336 g/mol. The van der Waals surface area contributed by atoms with E-state index < -0.39 is 33.0 Å². The van der Waals surface area contributed by atoms with Gasteiger partial charge in [-0.15, -0.1) is 0 Å². The zero-order valence-electron chi connectivity index (χ0n) is 6.83. The summed E-state index contributed by atoms with van der Waals surface area (Å²) in [4.78, 5) is 12.1. The summed E-state index contributed by atoms with van der Waals surface area (Å²) in [5, 5.41) is 0. The van der Waals surface area contributed by atoms with Crippen molar-refractivity contribution in [2.75, 3.05) is 0 Å². The molecule has 2 nitrogen and oxygen atoms in total. The molecule has 0 spiro atoms. The van der Waals surface area contributed by atoms with Crippen molar-refractivity contribution < 1.29 is 22.0 Å². The zero-order valence-corrected chi connectivity index (χ0v) is 8.99. The highest BCUT2D eigenvalue weighted by Crippen LogP contribution is 2.36. The van der Waals surface area contributed by atoms with E-state index in [1.165, 1.54) is 27.6 Å². The smallest absolute Gasteiger partial charge is 0.318 e. The van der Waals surface area contributed by atoms with Crippen molar-refractivity contribution in [3.8, 4) is 0 Å². The minimum Gasteiger partial charge on any atom is -0.318 e. The molecule has 1 rings (SSSR count). The molecule has 0 atom stereocenters. The molecular formula is C7H3F5INO. The molecule has 8 heteroatoms. The first-order chi connectivity index (χ1) is 6.73. The summed E-state index contributed by atoms with van der Waals surface area (Å²) in [6.07, 6.45) is -8.28. The molecule has 0 amide bonds. The molecule has 0 fully saturated rings. The van der Waals surface area contributed by atoms with Crippen molar-refractivity contribution in [2.24, 2.45) is 0 Å². The van der Waals surface area contributed by atoms with Gasteiger partial charge in [0.15, 0.2) is 0 Å². The fraction of sp³-hybridized carbons (Fsp3) is 0.286. The molecule has 1 aromatic heterocycles. The third-order valence-corrected chi connectivity index (χ3v) is 2.43. The summed E-state index contributed by atoms with van der Waals surface area (Å²) in [6.45, 7) is 0. The summed E-state index contributed by atoms with van der Waals surface area (Å²) in [7, 11) is 0. The molecule has 1 heterocycles. The number of hydrogen-bond acceptors (Lipinski definition) is 1. The van der Waals surface area contributed by atoms with E-state index in [1.54, 1.807) is 0 Å². The van der Waals surface area contributed by atoms with E-state index in [9.17, 15) is 26.7 Å². The predicted octanol–water partition coefficient (Wildman–Crippen LogP) is 2.94. The van der Waals surface area contributed by atoms with Crippen LogP contribution in [0, 0.1) is 3.57 Å². The van der Waals surface area contributed by atoms with Crippen molar-refractivity contribution >= 4 is 22.6 Å². The van der Waals surface area contributed by atoms with E-state index in [0.717, 1.165) is 0 Å². The van der Waals surface area contributed by atoms with Crippen LogP contribution in [0.2, 0.25) is 0 Å². The molecule has 0 bridgehead atoms. The molecule has 0 saturated heterocycles. The first-order valence-corrected chi connectivity index (χ1v) is 4.59. The molecule has 0 aromatic carbocycles. The van der Waals surface area contributed by atoms with Crippen molar-refractivity contribution in [1.29, 1.82) is 0 Å². The second kappa shape index (κ2) is 4.06. The number of alkyl halides is 5. The number of H-pyrrole nitrogens is 1. The molecule has 0 radical (unpaired) electrons. The lowest BCUT2D eigenvalue weighted by Gasteiger charge is -2.12. The van der Waals surface area contributed by atoms with E-state index in [1.807, 2.05) is 0 Å². The van der Waals surface area contributed by atoms with Gasteiger partial charge in [-0.05, 0) is 22.6 Å². The first-order valence-electron chi connectivity index (χ1n) is 3.51. The molecule has 84 valence electrons. The fourth-order valence-electron chi connectivity index (χ4n) is 0.976. The summed E-state index contributed by atoms with van der Waals surface area (Å²) in [6, 6.07) is 0.692. The van der Waals surface area contributed by atoms with Gasteiger partial charge >= 0.3 is 6.18 Å². The highest BCUT2D eigenvalue weighted by Gasteiger charge is 2.38. The summed E-state index contributed by atoms with van der Waals surface area (Å²) >= 11 is 1.27. The molecule has 0 aliphatic carbocycles. The van der Waals surface area contributed by atoms with Crippen molar-refractivity contribution in [3.63, 3.8) is 0 Å². The minimum atomic E-state index is -4.99. The van der Waals surface area contributed by atoms with E-state index in [-0.39, 0.29) is 0 Å². The molecule has 0 aliphatic heterocycles. The SMILES string of the molecule is O=c1cc(I)c(C(F)F)c(C(F)(F)F)[nH]1. The molecule has 0 aliphatic rings. The van der Waals surface area contributed by atoms with Gasteiger partial charge in [-0.25, -0.2) is 8.78 Å². The number of halogens is 6. The number of aromatic amines is 1. The van der Waals surface area contributed by atoms with Crippen LogP contribution in [-0.4, -0.2) is 4.98 Å². The average molecular weight is 339 g/mol. The Morgan fingerprint density at radius 3 is 2.27 bits per heavy atom. The van der Waals surface area contributed by atoms with Crippen LogP contribution in [0.4, 0.5) is 22.0 Å². The Hall–Kier alpha value is -0.670. The van der Waals surface area contributed by atoms with E-state index >= 15 is 0 Å². The van der Waals surface area contributed by atoms with Gasteiger partial charge in [-0.1, -0.05) is 0 Å². The second-order valence-electron chi connectivity index (χ2n) is 2.57. The van der Waals surface area contributed by atoms with Gasteiger partial charge in [0.05, 0.1) is 5.56 Å². The Morgan fingerprint density at radius 2 is 1.87 bits per heavy atom. The quantitative estimate of drug-likeness (QED) is 0.619. The van der Waals surface area contributed by atoms with Crippen molar-refractivity contribution in [3.05, 3.63) is 31.2 Å². The maximum Gasteiger partial charge on any atom is 0.431 e. The summed E-state index contributed by atoms with van der Waals surface area (Å²) in [5.74, 6) is 0. The Morgan fingerprint density at radius 1 is 1.33 bits per heavy atom. The third-order valence-electron chi connectivity index (χ3n) is 1.53. The van der Waals surface area contributed by atoms with Gasteiger partial charge in [0.25, 0.3) is 6.43 Å². The standard InChI is InChI=1S/C7H3F5INO/c8-6(9)4-2(13)1-3(15)14-5(4)7(10,11)12/h1,6H,(H,14,15). The van der Waals surface area contributed by atoms with Gasteiger partial charge in [0.1, 0.15) is 5.69 Å². The lowest BCUT2D eigenvalue weighted by atomic mass is 10.2. The van der Waals surface area contributed by atoms with E-state index in [2.05, 4.69) is 0 Å². The van der Waals surface area contributed by atoms with Crippen molar-refractivity contribution in [2.45, 2.75) is 12.6 Å². The zero-order chi connectivity index (χ0) is 11.8. The molecule has 0 saturated carbocycles. The lowest BCUT2D eigenvalue weighted by Crippen LogP contribution is -2.20. The van der Waals surface area contributed by atoms with Gasteiger partial charge < -0.3 is 4.98 Å². The van der Waals surface area contributed by atoms with Crippen LogP contribution in [0.3, 0.4) is 0 Å². The Labute approximate surface area is 93.6 Å². The van der Waals surface area contributed by atoms with Crippen LogP contribution in [0.25, 0.3) is 0 Å². The van der Waals surface area contributed by atoms with Crippen LogP contribution in [0.1, 0.15) is 17.7 Å². The topological polar surface area (TPSA) is 32.9 Å². The lowest BCUT2D eigenvalue weighted by molar-refractivity contribution is -0.143. The summed E-state index contributed by atoms with van der Waals surface area (Å²) in [5.41, 5.74) is -3.94. The number of hydrogen-bond donors (Lipinski definition) is 1. The predicted molar refractivity (Wildman–Crippen MR) is 49.7 cm³/mol. The maximum absolute atomic E-state index is 12.3. The molecule has 15 heavy (non-hydrogen) atoms. The first kappa shape index (κ1) is 12.4. The molecule has 0 unspecified atom stereocenters. The van der Waals surface area contributed by atoms with Gasteiger partial charge in [0, 0.05) is 9.64 Å². The van der Waals surface area contributed by atoms with Gasteiger partial charge in [-0.2, -0.15) is 13.2 Å². The van der Waals surface area contributed by atoms with Crippen LogP contribution in [0.15, 0.2) is 10.9 Å². The number of nitrogens with one attached hydrogen (secondary N) is 1. The highest BCUT2D eigenvalue weighted by atomic mass is 127. The number of pyridine rings is 1. The normalized spacial score (nSPS) is 12.2. The number of aromatic nitrogens is 1. The van der Waals surface area contributed by atoms with Crippen LogP contribution in [-0.2, 0) is 6.18 Å². The molecule has 1 aromatic rings. The average Bonchev–Trinajstić information content (AvgIpc) is 1.99. The molecule has 1 N–H and O–H groups in total. The largest absolute Gasteiger partial charge is 0.431 e. The van der Waals surface area contributed by atoms with Gasteiger partial charge in [0.2, 0.25) is 5.56 Å². The van der Waals surface area contributed by atoms with Gasteiger partial charge in [-0.3, -0.25) is 4.79 Å². The highest BCUT2D eigenvalue weighted by molar-refractivity contribution is 14.1. The maximum atomic E-state index is 12.3. The van der Waals surface area contributed by atoms with Crippen LogP contribution in [0.5, 0.6) is 0 Å². The Balaban J connectivity index is 3.55. The van der Waals surface area contributed by atoms with Crippen LogP contribution >= 0.6 is 22.6 Å². The number of rotatable bonds is 1. The Bertz CT molecular complexity index is 424. The third kappa shape index (κ3) is 2.67. The second-order valence-corrected chi connectivity index (χ2v) is 3.73. The fourth-order valence-corrected chi connectivity index (χ4v) is 1.76. The Kier molecular flexibility index (Phi) is 3.36. The monoisotopic (exact) mass is 339 g/mol.